The first kappa shape index (κ1) is 23.1. The molecule has 0 unspecified atom stereocenters. The predicted octanol–water partition coefficient (Wildman–Crippen LogP) is 5.53. The molecule has 0 saturated carbocycles. The highest BCUT2D eigenvalue weighted by Crippen LogP contribution is 2.30. The van der Waals surface area contributed by atoms with Crippen LogP contribution in [0.1, 0.15) is 30.0 Å². The SMILES string of the molecule is CCCn1c(SCC(=O)Nc2nc(-c3cc(C)c(C)cc3C)cs2)nnc1-c1ccncc1. The first-order chi connectivity index (χ1) is 16.0. The van der Waals surface area contributed by atoms with Crippen LogP contribution in [0.15, 0.2) is 47.2 Å². The largest absolute Gasteiger partial charge is 0.302 e. The number of aryl methyl sites for hydroxylation is 3. The molecule has 0 aliphatic heterocycles. The second-order valence-corrected chi connectivity index (χ2v) is 9.62. The summed E-state index contributed by atoms with van der Waals surface area (Å²) in [6.07, 6.45) is 4.42. The maximum atomic E-state index is 12.6. The molecule has 0 atom stereocenters. The zero-order valence-electron chi connectivity index (χ0n) is 19.1. The van der Waals surface area contributed by atoms with E-state index in [0.717, 1.165) is 40.8 Å². The molecule has 4 aromatic rings. The Balaban J connectivity index is 1.43. The van der Waals surface area contributed by atoms with Crippen LogP contribution in [0.2, 0.25) is 0 Å². The van der Waals surface area contributed by atoms with Gasteiger partial charge >= 0.3 is 0 Å². The number of hydrogen-bond acceptors (Lipinski definition) is 7. The van der Waals surface area contributed by atoms with E-state index in [4.69, 9.17) is 0 Å². The number of hydrogen-bond donors (Lipinski definition) is 1. The number of aromatic nitrogens is 5. The van der Waals surface area contributed by atoms with Crippen LogP contribution in [0.25, 0.3) is 22.6 Å². The summed E-state index contributed by atoms with van der Waals surface area (Å²) in [6.45, 7) is 9.18. The van der Waals surface area contributed by atoms with Gasteiger partial charge in [-0.05, 0) is 62.1 Å². The average Bonchev–Trinajstić information content (AvgIpc) is 3.43. The van der Waals surface area contributed by atoms with Gasteiger partial charge in [0, 0.05) is 35.4 Å². The van der Waals surface area contributed by atoms with Gasteiger partial charge in [0.05, 0.1) is 11.4 Å². The second-order valence-electron chi connectivity index (χ2n) is 7.82. The van der Waals surface area contributed by atoms with Crippen molar-refractivity contribution in [3.63, 3.8) is 0 Å². The number of amides is 1. The van der Waals surface area contributed by atoms with E-state index < -0.39 is 0 Å². The monoisotopic (exact) mass is 478 g/mol. The molecule has 4 rings (SSSR count). The number of thioether (sulfide) groups is 1. The van der Waals surface area contributed by atoms with Crippen LogP contribution < -0.4 is 5.32 Å². The zero-order valence-corrected chi connectivity index (χ0v) is 20.8. The van der Waals surface area contributed by atoms with Gasteiger partial charge in [0.15, 0.2) is 16.1 Å². The van der Waals surface area contributed by atoms with Crippen molar-refractivity contribution in [1.29, 1.82) is 0 Å². The Morgan fingerprint density at radius 3 is 2.61 bits per heavy atom. The van der Waals surface area contributed by atoms with Crippen LogP contribution in [0.4, 0.5) is 5.13 Å². The summed E-state index contributed by atoms with van der Waals surface area (Å²) >= 11 is 2.81. The van der Waals surface area contributed by atoms with Gasteiger partial charge in [0.2, 0.25) is 5.91 Å². The van der Waals surface area contributed by atoms with E-state index in [1.165, 1.54) is 39.8 Å². The fraction of sp³-hybridized carbons (Fsp3) is 0.292. The van der Waals surface area contributed by atoms with Crippen molar-refractivity contribution in [3.05, 3.63) is 58.7 Å². The Labute approximate surface area is 201 Å². The summed E-state index contributed by atoms with van der Waals surface area (Å²) in [6, 6.07) is 8.15. The third kappa shape index (κ3) is 5.31. The minimum atomic E-state index is -0.116. The molecule has 1 N–H and O–H groups in total. The Kier molecular flexibility index (Phi) is 7.20. The van der Waals surface area contributed by atoms with Crippen molar-refractivity contribution < 1.29 is 4.79 Å². The molecule has 0 radical (unpaired) electrons. The van der Waals surface area contributed by atoms with E-state index in [1.54, 1.807) is 12.4 Å². The van der Waals surface area contributed by atoms with Crippen molar-refractivity contribution in [2.24, 2.45) is 0 Å². The molecule has 0 aliphatic carbocycles. The van der Waals surface area contributed by atoms with Crippen molar-refractivity contribution in [2.45, 2.75) is 45.8 Å². The van der Waals surface area contributed by atoms with Gasteiger partial charge in [-0.2, -0.15) is 0 Å². The quantitative estimate of drug-likeness (QED) is 0.335. The van der Waals surface area contributed by atoms with Gasteiger partial charge in [-0.3, -0.25) is 9.78 Å². The molecule has 170 valence electrons. The standard InChI is InChI=1S/C24H26N6OS2/c1-5-10-30-22(18-6-8-25-9-7-18)28-29-24(30)33-14-21(31)27-23-26-20(13-32-23)19-12-16(3)15(2)11-17(19)4/h6-9,11-13H,5,10,14H2,1-4H3,(H,26,27,31). The average molecular weight is 479 g/mol. The Hall–Kier alpha value is -3.04. The molecular formula is C24H26N6OS2. The highest BCUT2D eigenvalue weighted by Gasteiger charge is 2.16. The van der Waals surface area contributed by atoms with Gasteiger partial charge in [0.1, 0.15) is 0 Å². The summed E-state index contributed by atoms with van der Waals surface area (Å²) in [5.41, 5.74) is 6.61. The van der Waals surface area contributed by atoms with Gasteiger partial charge in [-0.1, -0.05) is 24.8 Å². The molecule has 3 heterocycles. The number of carbonyl (C=O) groups is 1. The van der Waals surface area contributed by atoms with Crippen LogP contribution in [0.5, 0.6) is 0 Å². The molecule has 7 nitrogen and oxygen atoms in total. The number of nitrogens with zero attached hydrogens (tertiary/aromatic N) is 5. The van der Waals surface area contributed by atoms with Gasteiger partial charge in [-0.25, -0.2) is 4.98 Å². The molecule has 3 aromatic heterocycles. The topological polar surface area (TPSA) is 85.6 Å². The van der Waals surface area contributed by atoms with E-state index in [9.17, 15) is 4.79 Å². The maximum absolute atomic E-state index is 12.6. The minimum absolute atomic E-state index is 0.116. The molecule has 0 spiro atoms. The maximum Gasteiger partial charge on any atom is 0.236 e. The summed E-state index contributed by atoms with van der Waals surface area (Å²) < 4.78 is 2.05. The molecular weight excluding hydrogens is 452 g/mol. The molecule has 0 aliphatic rings. The van der Waals surface area contributed by atoms with Crippen LogP contribution in [-0.2, 0) is 11.3 Å². The Morgan fingerprint density at radius 2 is 1.85 bits per heavy atom. The van der Waals surface area contributed by atoms with Gasteiger partial charge in [-0.15, -0.1) is 21.5 Å². The third-order valence-corrected chi connectivity index (χ3v) is 7.03. The van der Waals surface area contributed by atoms with Gasteiger partial charge in [0.25, 0.3) is 0 Å². The summed E-state index contributed by atoms with van der Waals surface area (Å²) in [4.78, 5) is 21.3. The molecule has 1 amide bonds. The fourth-order valence-corrected chi connectivity index (χ4v) is 5.00. The lowest BCUT2D eigenvalue weighted by molar-refractivity contribution is -0.113. The zero-order chi connectivity index (χ0) is 23.4. The number of anilines is 1. The van der Waals surface area contributed by atoms with Crippen LogP contribution in [-0.4, -0.2) is 36.4 Å². The third-order valence-electron chi connectivity index (χ3n) is 5.30. The minimum Gasteiger partial charge on any atom is -0.302 e. The van der Waals surface area contributed by atoms with E-state index in [0.29, 0.717) is 5.13 Å². The van der Waals surface area contributed by atoms with Crippen molar-refractivity contribution in [1.82, 2.24) is 24.7 Å². The van der Waals surface area contributed by atoms with E-state index >= 15 is 0 Å². The Bertz CT molecular complexity index is 1270. The molecule has 1 aromatic carbocycles. The summed E-state index contributed by atoms with van der Waals surface area (Å²) in [5, 5.41) is 14.9. The second kappa shape index (κ2) is 10.3. The van der Waals surface area contributed by atoms with Crippen LogP contribution >= 0.6 is 23.1 Å². The van der Waals surface area contributed by atoms with Crippen molar-refractivity contribution in [2.75, 3.05) is 11.1 Å². The smallest absolute Gasteiger partial charge is 0.236 e. The number of thiazole rings is 1. The van der Waals surface area contributed by atoms with Crippen molar-refractivity contribution in [3.8, 4) is 22.6 Å². The first-order valence-corrected chi connectivity index (χ1v) is 12.6. The number of nitrogens with one attached hydrogen (secondary N) is 1. The molecule has 9 heteroatoms. The molecule has 33 heavy (non-hydrogen) atoms. The predicted molar refractivity (Wildman–Crippen MR) is 135 cm³/mol. The first-order valence-electron chi connectivity index (χ1n) is 10.8. The number of pyridine rings is 1. The number of rotatable bonds is 8. The highest BCUT2D eigenvalue weighted by atomic mass is 32.2. The highest BCUT2D eigenvalue weighted by molar-refractivity contribution is 7.99. The van der Waals surface area contributed by atoms with E-state index in [1.807, 2.05) is 17.5 Å². The van der Waals surface area contributed by atoms with Crippen LogP contribution in [0.3, 0.4) is 0 Å². The lowest BCUT2D eigenvalue weighted by atomic mass is 9.99. The Morgan fingerprint density at radius 1 is 1.09 bits per heavy atom. The van der Waals surface area contributed by atoms with E-state index in [-0.39, 0.29) is 11.7 Å². The lowest BCUT2D eigenvalue weighted by Gasteiger charge is -2.08. The summed E-state index contributed by atoms with van der Waals surface area (Å²) in [7, 11) is 0. The molecule has 0 fully saturated rings. The van der Waals surface area contributed by atoms with Crippen LogP contribution in [0, 0.1) is 20.8 Å². The normalized spacial score (nSPS) is 11.0. The van der Waals surface area contributed by atoms with Gasteiger partial charge < -0.3 is 9.88 Å². The number of carbonyl (C=O) groups excluding carboxylic acids is 1. The number of benzene rings is 1. The van der Waals surface area contributed by atoms with Crippen molar-refractivity contribution >= 4 is 34.1 Å². The summed E-state index contributed by atoms with van der Waals surface area (Å²) in [5.74, 6) is 0.903. The molecule has 0 bridgehead atoms. The fourth-order valence-electron chi connectivity index (χ4n) is 3.51. The lowest BCUT2D eigenvalue weighted by Crippen LogP contribution is -2.14. The van der Waals surface area contributed by atoms with E-state index in [2.05, 4.69) is 69.9 Å². The molecule has 0 saturated heterocycles.